The maximum atomic E-state index is 13.3. The molecule has 0 spiro atoms. The molecule has 4 rings (SSSR count). The first-order valence-corrected chi connectivity index (χ1v) is 11.3. The molecule has 0 bridgehead atoms. The van der Waals surface area contributed by atoms with Gasteiger partial charge in [0, 0.05) is 56.7 Å². The number of aryl methyl sites for hydroxylation is 1. The molecule has 1 saturated heterocycles. The number of carbonyl (C=O) groups excluding carboxylic acids is 2. The van der Waals surface area contributed by atoms with E-state index in [2.05, 4.69) is 48.1 Å². The number of ether oxygens (including phenoxy) is 1. The van der Waals surface area contributed by atoms with E-state index in [4.69, 9.17) is 4.74 Å². The highest BCUT2D eigenvalue weighted by Gasteiger charge is 2.28. The van der Waals surface area contributed by atoms with E-state index in [1.807, 2.05) is 29.2 Å². The number of benzene rings is 2. The quantitative estimate of drug-likeness (QED) is 0.586. The van der Waals surface area contributed by atoms with Crippen LogP contribution >= 0.6 is 0 Å². The molecule has 0 N–H and O–H groups in total. The summed E-state index contributed by atoms with van der Waals surface area (Å²) >= 11 is 0. The number of nitrogens with zero attached hydrogens (tertiary/aromatic N) is 3. The standard InChI is InChI=1S/C26H31N3O3/c1-3-32-26(31)29-15-13-28(14-16-29)25(30)18-21(17-20-9-5-4-6-10-20)23-19-27(2)24-12-8-7-11-22(23)24/h4-12,19,21H,3,13-18H2,1-2H3. The van der Waals surface area contributed by atoms with Gasteiger partial charge in [-0.15, -0.1) is 0 Å². The van der Waals surface area contributed by atoms with Crippen molar-refractivity contribution in [3.63, 3.8) is 0 Å². The third-order valence-corrected chi connectivity index (χ3v) is 6.27. The van der Waals surface area contributed by atoms with Crippen molar-refractivity contribution in [1.82, 2.24) is 14.4 Å². The fourth-order valence-electron chi connectivity index (χ4n) is 4.58. The van der Waals surface area contributed by atoms with Crippen molar-refractivity contribution in [3.05, 3.63) is 71.9 Å². The molecule has 6 heteroatoms. The second-order valence-electron chi connectivity index (χ2n) is 8.37. The fourth-order valence-corrected chi connectivity index (χ4v) is 4.58. The summed E-state index contributed by atoms with van der Waals surface area (Å²) in [6.07, 6.45) is 3.13. The topological polar surface area (TPSA) is 54.8 Å². The van der Waals surface area contributed by atoms with Crippen molar-refractivity contribution >= 4 is 22.9 Å². The van der Waals surface area contributed by atoms with Gasteiger partial charge in [0.1, 0.15) is 0 Å². The van der Waals surface area contributed by atoms with Gasteiger partial charge in [0.15, 0.2) is 0 Å². The van der Waals surface area contributed by atoms with E-state index in [0.29, 0.717) is 39.2 Å². The third-order valence-electron chi connectivity index (χ3n) is 6.27. The Kier molecular flexibility index (Phi) is 6.78. The average Bonchev–Trinajstić information content (AvgIpc) is 3.16. The molecule has 0 saturated carbocycles. The van der Waals surface area contributed by atoms with Crippen LogP contribution in [-0.4, -0.2) is 59.2 Å². The summed E-state index contributed by atoms with van der Waals surface area (Å²) in [6.45, 7) is 4.29. The summed E-state index contributed by atoms with van der Waals surface area (Å²) in [7, 11) is 2.06. The van der Waals surface area contributed by atoms with Gasteiger partial charge in [0.2, 0.25) is 5.91 Å². The molecule has 1 atom stereocenters. The number of piperazine rings is 1. The second kappa shape index (κ2) is 9.90. The SMILES string of the molecule is CCOC(=O)N1CCN(C(=O)CC(Cc2ccccc2)c2cn(C)c3ccccc23)CC1. The van der Waals surface area contributed by atoms with Crippen molar-refractivity contribution in [1.29, 1.82) is 0 Å². The predicted octanol–water partition coefficient (Wildman–Crippen LogP) is 4.20. The molecule has 0 aliphatic carbocycles. The van der Waals surface area contributed by atoms with Crippen molar-refractivity contribution in [3.8, 4) is 0 Å². The zero-order chi connectivity index (χ0) is 22.5. The van der Waals surface area contributed by atoms with E-state index in [0.717, 1.165) is 6.42 Å². The Bertz CT molecular complexity index is 1070. The minimum Gasteiger partial charge on any atom is -0.450 e. The molecule has 6 nitrogen and oxygen atoms in total. The summed E-state index contributed by atoms with van der Waals surface area (Å²) < 4.78 is 7.23. The van der Waals surface area contributed by atoms with E-state index in [1.54, 1.807) is 11.8 Å². The molecule has 32 heavy (non-hydrogen) atoms. The van der Waals surface area contributed by atoms with Gasteiger partial charge < -0.3 is 19.1 Å². The van der Waals surface area contributed by atoms with Crippen LogP contribution in [0.25, 0.3) is 10.9 Å². The van der Waals surface area contributed by atoms with Gasteiger partial charge in [-0.25, -0.2) is 4.79 Å². The predicted molar refractivity (Wildman–Crippen MR) is 126 cm³/mol. The maximum Gasteiger partial charge on any atom is 0.409 e. The summed E-state index contributed by atoms with van der Waals surface area (Å²) in [5, 5.41) is 1.20. The molecule has 2 amide bonds. The maximum absolute atomic E-state index is 13.3. The lowest BCUT2D eigenvalue weighted by molar-refractivity contribution is -0.133. The van der Waals surface area contributed by atoms with Crippen molar-refractivity contribution in [2.45, 2.75) is 25.7 Å². The molecule has 168 valence electrons. The highest BCUT2D eigenvalue weighted by molar-refractivity contribution is 5.86. The number of carbonyl (C=O) groups is 2. The Morgan fingerprint density at radius 1 is 0.938 bits per heavy atom. The van der Waals surface area contributed by atoms with Gasteiger partial charge in [-0.1, -0.05) is 48.5 Å². The molecule has 2 aromatic carbocycles. The number of rotatable bonds is 6. The Morgan fingerprint density at radius 2 is 1.59 bits per heavy atom. The van der Waals surface area contributed by atoms with E-state index >= 15 is 0 Å². The number of aromatic nitrogens is 1. The summed E-state index contributed by atoms with van der Waals surface area (Å²) in [6, 6.07) is 18.7. The van der Waals surface area contributed by atoms with Gasteiger partial charge in [-0.2, -0.15) is 0 Å². The zero-order valence-electron chi connectivity index (χ0n) is 18.9. The van der Waals surface area contributed by atoms with Gasteiger partial charge in [0.05, 0.1) is 6.61 Å². The van der Waals surface area contributed by atoms with Crippen LogP contribution < -0.4 is 0 Å². The lowest BCUT2D eigenvalue weighted by atomic mass is 9.88. The fraction of sp³-hybridized carbons (Fsp3) is 0.385. The monoisotopic (exact) mass is 433 g/mol. The van der Waals surface area contributed by atoms with E-state index in [-0.39, 0.29) is 17.9 Å². The van der Waals surface area contributed by atoms with Crippen LogP contribution in [-0.2, 0) is 23.0 Å². The minimum atomic E-state index is -0.294. The summed E-state index contributed by atoms with van der Waals surface area (Å²) in [5.74, 6) is 0.224. The number of amides is 2. The van der Waals surface area contributed by atoms with Crippen LogP contribution in [0.15, 0.2) is 60.8 Å². The highest BCUT2D eigenvalue weighted by Crippen LogP contribution is 2.32. The second-order valence-corrected chi connectivity index (χ2v) is 8.37. The molecule has 0 radical (unpaired) electrons. The first kappa shape index (κ1) is 21.9. The number of hydrogen-bond donors (Lipinski definition) is 0. The molecule has 1 fully saturated rings. The molecule has 2 heterocycles. The lowest BCUT2D eigenvalue weighted by Gasteiger charge is -2.34. The molecule has 1 unspecified atom stereocenters. The number of para-hydroxylation sites is 1. The summed E-state index contributed by atoms with van der Waals surface area (Å²) in [4.78, 5) is 28.8. The number of hydrogen-bond acceptors (Lipinski definition) is 3. The van der Waals surface area contributed by atoms with Crippen LogP contribution in [0.3, 0.4) is 0 Å². The number of fused-ring (bicyclic) bond motifs is 1. The van der Waals surface area contributed by atoms with Gasteiger partial charge >= 0.3 is 6.09 Å². The van der Waals surface area contributed by atoms with Crippen molar-refractivity contribution in [2.75, 3.05) is 32.8 Å². The van der Waals surface area contributed by atoms with Crippen LogP contribution in [0.2, 0.25) is 0 Å². The van der Waals surface area contributed by atoms with Crippen LogP contribution in [0.5, 0.6) is 0 Å². The lowest BCUT2D eigenvalue weighted by Crippen LogP contribution is -2.51. The Hall–Kier alpha value is -3.28. The average molecular weight is 434 g/mol. The first-order valence-electron chi connectivity index (χ1n) is 11.3. The minimum absolute atomic E-state index is 0.0825. The largest absolute Gasteiger partial charge is 0.450 e. The normalized spacial score (nSPS) is 15.1. The molecule has 1 aliphatic rings. The highest BCUT2D eigenvalue weighted by atomic mass is 16.6. The zero-order valence-corrected chi connectivity index (χ0v) is 18.9. The molecule has 1 aromatic heterocycles. The summed E-state index contributed by atoms with van der Waals surface area (Å²) in [5.41, 5.74) is 3.62. The van der Waals surface area contributed by atoms with E-state index in [1.165, 1.54) is 22.0 Å². The Morgan fingerprint density at radius 3 is 2.31 bits per heavy atom. The third kappa shape index (κ3) is 4.79. The molecular formula is C26H31N3O3. The van der Waals surface area contributed by atoms with Crippen molar-refractivity contribution < 1.29 is 14.3 Å². The molecule has 3 aromatic rings. The van der Waals surface area contributed by atoms with Crippen LogP contribution in [0, 0.1) is 0 Å². The first-order chi connectivity index (χ1) is 15.6. The van der Waals surface area contributed by atoms with Gasteiger partial charge in [-0.05, 0) is 36.5 Å². The Labute approximate surface area is 189 Å². The van der Waals surface area contributed by atoms with Gasteiger partial charge in [0.25, 0.3) is 0 Å². The van der Waals surface area contributed by atoms with E-state index in [9.17, 15) is 9.59 Å². The van der Waals surface area contributed by atoms with Crippen molar-refractivity contribution in [2.24, 2.45) is 7.05 Å². The van der Waals surface area contributed by atoms with Crippen LogP contribution in [0.4, 0.5) is 4.79 Å². The Balaban J connectivity index is 1.52. The molecular weight excluding hydrogens is 402 g/mol. The van der Waals surface area contributed by atoms with Crippen LogP contribution in [0.1, 0.15) is 30.4 Å². The van der Waals surface area contributed by atoms with E-state index < -0.39 is 0 Å². The molecule has 1 aliphatic heterocycles. The van der Waals surface area contributed by atoms with Gasteiger partial charge in [-0.3, -0.25) is 4.79 Å². The smallest absolute Gasteiger partial charge is 0.409 e.